The van der Waals surface area contributed by atoms with Gasteiger partial charge < -0.3 is 39.6 Å². The zero-order chi connectivity index (χ0) is 56.3. The number of nitrogens with one attached hydrogen (secondary N) is 1. The van der Waals surface area contributed by atoms with Crippen LogP contribution >= 0.6 is 0 Å². The van der Waals surface area contributed by atoms with Gasteiger partial charge in [-0.1, -0.05) is 53.5 Å². The minimum Gasteiger partial charge on any atom is -0.487 e. The van der Waals surface area contributed by atoms with Gasteiger partial charge in [0.05, 0.1) is 62.7 Å². The van der Waals surface area contributed by atoms with E-state index in [4.69, 9.17) is 44.5 Å². The maximum atomic E-state index is 13.3. The van der Waals surface area contributed by atoms with Crippen molar-refractivity contribution in [1.82, 2.24) is 44.6 Å². The Kier molecular flexibility index (Phi) is 19.8. The van der Waals surface area contributed by atoms with E-state index >= 15 is 0 Å². The third-order valence-electron chi connectivity index (χ3n) is 14.4. The molecule has 1 aliphatic heterocycles. The van der Waals surface area contributed by atoms with Crippen molar-refractivity contribution in [3.63, 3.8) is 0 Å². The van der Waals surface area contributed by atoms with Gasteiger partial charge in [-0.05, 0) is 148 Å². The number of hydrogen-bond donors (Lipinski definition) is 2. The van der Waals surface area contributed by atoms with Gasteiger partial charge in [-0.15, -0.1) is 5.10 Å². The smallest absolute Gasteiger partial charge is 0.247 e. The number of nitrogens with zero attached hydrogens (tertiary/aromatic N) is 9. The minimum atomic E-state index is -0.596. The van der Waals surface area contributed by atoms with Crippen molar-refractivity contribution in [1.29, 1.82) is 0 Å². The van der Waals surface area contributed by atoms with Crippen LogP contribution in [0, 0.1) is 18.8 Å². The van der Waals surface area contributed by atoms with Crippen molar-refractivity contribution in [2.75, 3.05) is 64.7 Å². The van der Waals surface area contributed by atoms with Crippen molar-refractivity contribution in [2.24, 2.45) is 5.73 Å². The minimum absolute atomic E-state index is 0.211. The van der Waals surface area contributed by atoms with E-state index < -0.39 is 11.9 Å². The van der Waals surface area contributed by atoms with Gasteiger partial charge in [-0.25, -0.2) is 14.6 Å². The fourth-order valence-corrected chi connectivity index (χ4v) is 10.2. The van der Waals surface area contributed by atoms with Crippen LogP contribution in [0.4, 0.5) is 5.82 Å². The lowest BCUT2D eigenvalue weighted by atomic mass is 10.0. The Morgan fingerprint density at radius 1 is 0.793 bits per heavy atom. The summed E-state index contributed by atoms with van der Waals surface area (Å²) < 4.78 is 32.7. The van der Waals surface area contributed by atoms with E-state index in [2.05, 4.69) is 56.7 Å². The lowest BCUT2D eigenvalue weighted by molar-refractivity contribution is -0.137. The molecular formula is C64H69N11O7. The van der Waals surface area contributed by atoms with Crippen LogP contribution < -0.4 is 15.8 Å². The molecule has 2 aliphatic rings. The number of fused-ring (bicyclic) bond motifs is 2. The summed E-state index contributed by atoms with van der Waals surface area (Å²) in [6, 6.07) is 33.7. The molecule has 4 aromatic carbocycles. The van der Waals surface area contributed by atoms with Crippen molar-refractivity contribution in [3.8, 4) is 45.9 Å². The lowest BCUT2D eigenvalue weighted by Crippen LogP contribution is -2.49. The highest BCUT2D eigenvalue weighted by Gasteiger charge is 2.30. The number of aromatic nitrogens is 8. The highest BCUT2D eigenvalue weighted by molar-refractivity contribution is 5.96. The van der Waals surface area contributed by atoms with E-state index in [0.29, 0.717) is 77.3 Å². The number of anilines is 1. The first-order valence-corrected chi connectivity index (χ1v) is 28.2. The summed E-state index contributed by atoms with van der Waals surface area (Å²) in [4.78, 5) is 41.0. The van der Waals surface area contributed by atoms with E-state index in [1.54, 1.807) is 28.1 Å². The van der Waals surface area contributed by atoms with Crippen LogP contribution in [0.15, 0.2) is 134 Å². The summed E-state index contributed by atoms with van der Waals surface area (Å²) in [7, 11) is 0. The molecule has 0 spiro atoms. The molecule has 18 nitrogen and oxygen atoms in total. The molecule has 10 rings (SSSR count). The first-order chi connectivity index (χ1) is 40.3. The van der Waals surface area contributed by atoms with E-state index in [1.165, 1.54) is 17.2 Å². The fourth-order valence-electron chi connectivity index (χ4n) is 10.2. The number of amides is 2. The average molecular weight is 1100 g/mol. The third-order valence-corrected chi connectivity index (χ3v) is 14.4. The number of para-hydroxylation sites is 2. The monoisotopic (exact) mass is 1100 g/mol. The number of nitrogens with two attached hydrogens (primary N) is 1. The number of aryl methyl sites for hydroxylation is 2. The maximum Gasteiger partial charge on any atom is 0.247 e. The zero-order valence-corrected chi connectivity index (χ0v) is 46.3. The molecule has 5 heterocycles. The van der Waals surface area contributed by atoms with E-state index in [-0.39, 0.29) is 18.6 Å². The molecule has 0 saturated carbocycles. The number of likely N-dealkylation sites (tertiary alicyclic amines) is 1. The summed E-state index contributed by atoms with van der Waals surface area (Å²) in [5, 5.41) is 18.3. The summed E-state index contributed by atoms with van der Waals surface area (Å²) in [6.45, 7) is 7.46. The second kappa shape index (κ2) is 28.7. The number of pyridine rings is 1. The summed E-state index contributed by atoms with van der Waals surface area (Å²) >= 11 is 0. The SMILES string of the molecule is Cc1cc(-c2nn(-c3ccccc3)cc2C=CC(=O)N2CCCCC2C(N)=O)ccc1OCc1cn(CCCCCOCCOCCOCCOCC#Cc2ccc3c(c2)CC(Nc2nc(-c4cccnc4)nc4ccccc24)C3)nn1. The molecule has 1 fully saturated rings. The molecule has 82 heavy (non-hydrogen) atoms. The Morgan fingerprint density at radius 2 is 1.60 bits per heavy atom. The van der Waals surface area contributed by atoms with Crippen molar-refractivity contribution >= 4 is 34.6 Å². The Labute approximate surface area is 478 Å². The largest absolute Gasteiger partial charge is 0.487 e. The van der Waals surface area contributed by atoms with Crippen LogP contribution in [-0.2, 0) is 54.5 Å². The molecule has 2 amide bonds. The normalized spacial score (nSPS) is 14.9. The number of primary amides is 1. The quantitative estimate of drug-likeness (QED) is 0.0280. The van der Waals surface area contributed by atoms with Crippen molar-refractivity contribution in [3.05, 3.63) is 168 Å². The second-order valence-electron chi connectivity index (χ2n) is 20.4. The number of benzene rings is 4. The molecule has 0 radical (unpaired) electrons. The molecule has 3 N–H and O–H groups in total. The van der Waals surface area contributed by atoms with Gasteiger partial charge in [0, 0.05) is 78.0 Å². The first kappa shape index (κ1) is 56.7. The molecule has 0 bridgehead atoms. The van der Waals surface area contributed by atoms with Crippen LogP contribution in [0.1, 0.15) is 72.0 Å². The van der Waals surface area contributed by atoms with Gasteiger partial charge >= 0.3 is 0 Å². The molecule has 18 heteroatoms. The first-order valence-electron chi connectivity index (χ1n) is 28.2. The molecule has 2 unspecified atom stereocenters. The molecule has 1 saturated heterocycles. The number of hydrogen-bond acceptors (Lipinski definition) is 14. The second-order valence-corrected chi connectivity index (χ2v) is 20.4. The molecule has 2 atom stereocenters. The molecule has 1 aliphatic carbocycles. The highest BCUT2D eigenvalue weighted by Crippen LogP contribution is 2.32. The number of piperidine rings is 1. The average Bonchev–Trinajstić information content (AvgIpc) is 4.41. The maximum absolute atomic E-state index is 13.3. The summed E-state index contributed by atoms with van der Waals surface area (Å²) in [5.74, 6) is 7.88. The number of ether oxygens (including phenoxy) is 5. The van der Waals surface area contributed by atoms with Gasteiger partial charge in [0.15, 0.2) is 5.82 Å². The summed E-state index contributed by atoms with van der Waals surface area (Å²) in [5.41, 5.74) is 15.9. The Hall–Kier alpha value is -8.60. The number of carbonyl (C=O) groups is 2. The Bertz CT molecular complexity index is 3500. The molecular weight excluding hydrogens is 1030 g/mol. The van der Waals surface area contributed by atoms with Crippen molar-refractivity contribution in [2.45, 2.75) is 83.5 Å². The van der Waals surface area contributed by atoms with Crippen LogP contribution in [0.25, 0.3) is 45.3 Å². The van der Waals surface area contributed by atoms with Gasteiger partial charge in [0.1, 0.15) is 36.5 Å². The van der Waals surface area contributed by atoms with E-state index in [1.807, 2.05) is 103 Å². The lowest BCUT2D eigenvalue weighted by Gasteiger charge is -2.32. The number of rotatable bonds is 27. The van der Waals surface area contributed by atoms with Gasteiger partial charge in [0.2, 0.25) is 11.8 Å². The van der Waals surface area contributed by atoms with Crippen LogP contribution in [0.3, 0.4) is 0 Å². The molecule has 4 aromatic heterocycles. The predicted octanol–water partition coefficient (Wildman–Crippen LogP) is 8.77. The van der Waals surface area contributed by atoms with E-state index in [0.717, 1.165) is 113 Å². The van der Waals surface area contributed by atoms with Crippen LogP contribution in [0.2, 0.25) is 0 Å². The van der Waals surface area contributed by atoms with Crippen LogP contribution in [0.5, 0.6) is 5.75 Å². The standard InChI is InChI=1S/C64H69N11O7/c1-46-38-49(61-51(43-75(71-61)55-16-4-2-5-17-55)24-26-60(76)74-29-10-8-20-58(74)62(65)77)23-25-59(46)82-45-54-44-73(72-70-54)28-9-3-11-30-78-32-34-80-36-37-81-35-33-79-31-13-14-47-21-22-48-40-53(41-52(48)39-47)67-64-56-18-6-7-19-57(56)68-63(69-64)50-15-12-27-66-42-50/h2,4-7,12,15-19,21-27,38-39,42-44,53,58H,3,8-11,20,28-37,40-41,45H2,1H3,(H2,65,77)(H,67,68,69). The number of unbranched alkanes of at least 4 members (excludes halogenated alkanes) is 2. The predicted molar refractivity (Wildman–Crippen MR) is 314 cm³/mol. The third kappa shape index (κ3) is 15.4. The fraction of sp³-hybridized carbons (Fsp3) is 0.344. The Morgan fingerprint density at radius 3 is 2.41 bits per heavy atom. The number of carbonyl (C=O) groups excluding carboxylic acids is 2. The van der Waals surface area contributed by atoms with Crippen molar-refractivity contribution < 1.29 is 33.3 Å². The van der Waals surface area contributed by atoms with Gasteiger partial charge in [-0.3, -0.25) is 19.3 Å². The van der Waals surface area contributed by atoms with E-state index in [9.17, 15) is 9.59 Å². The van der Waals surface area contributed by atoms with Crippen LogP contribution in [-0.4, -0.2) is 128 Å². The summed E-state index contributed by atoms with van der Waals surface area (Å²) in [6.07, 6.45) is 17.6. The van der Waals surface area contributed by atoms with Gasteiger partial charge in [0.25, 0.3) is 0 Å². The highest BCUT2D eigenvalue weighted by atomic mass is 16.6. The molecule has 8 aromatic rings. The zero-order valence-electron chi connectivity index (χ0n) is 46.3. The Balaban J connectivity index is 0.559. The molecule has 422 valence electrons. The topological polar surface area (TPSA) is 209 Å². The van der Waals surface area contributed by atoms with Gasteiger partial charge in [-0.2, -0.15) is 5.10 Å².